The lowest BCUT2D eigenvalue weighted by atomic mass is 10.0. The van der Waals surface area contributed by atoms with E-state index in [1.54, 1.807) is 12.4 Å². The minimum Gasteiger partial charge on any atom is -0.468 e. The third-order valence-electron chi connectivity index (χ3n) is 3.23. The molecule has 0 aliphatic heterocycles. The van der Waals surface area contributed by atoms with Gasteiger partial charge in [-0.3, -0.25) is 9.78 Å². The van der Waals surface area contributed by atoms with Crippen LogP contribution >= 0.6 is 11.3 Å². The van der Waals surface area contributed by atoms with Gasteiger partial charge in [-0.15, -0.1) is 11.3 Å². The minimum absolute atomic E-state index is 0.175. The van der Waals surface area contributed by atoms with E-state index in [4.69, 9.17) is 4.74 Å². The molecular weight excluding hydrogens is 248 g/mol. The molecule has 1 aliphatic carbocycles. The van der Waals surface area contributed by atoms with Crippen molar-refractivity contribution in [2.24, 2.45) is 0 Å². The van der Waals surface area contributed by atoms with Crippen molar-refractivity contribution in [3.63, 3.8) is 0 Å². The van der Waals surface area contributed by atoms with E-state index in [-0.39, 0.29) is 5.97 Å². The molecule has 1 aliphatic rings. The van der Waals surface area contributed by atoms with Crippen LogP contribution < -0.4 is 0 Å². The van der Waals surface area contributed by atoms with Gasteiger partial charge in [0.05, 0.1) is 12.8 Å². The van der Waals surface area contributed by atoms with Crippen LogP contribution in [0.3, 0.4) is 0 Å². The van der Waals surface area contributed by atoms with E-state index in [1.807, 2.05) is 17.5 Å². The topological polar surface area (TPSA) is 52.1 Å². The summed E-state index contributed by atoms with van der Waals surface area (Å²) < 4.78 is 4.86. The number of thiazole rings is 1. The maximum absolute atomic E-state index is 11.8. The number of pyridine rings is 1. The normalized spacial score (nSPS) is 16.3. The van der Waals surface area contributed by atoms with Crippen LogP contribution in [-0.4, -0.2) is 23.0 Å². The molecule has 0 bridgehead atoms. The summed E-state index contributed by atoms with van der Waals surface area (Å²) in [5, 5.41) is 2.85. The molecule has 2 aromatic rings. The summed E-state index contributed by atoms with van der Waals surface area (Å²) >= 11 is 1.54. The van der Waals surface area contributed by atoms with Crippen molar-refractivity contribution in [1.29, 1.82) is 0 Å². The number of carbonyl (C=O) groups excluding carboxylic acids is 1. The van der Waals surface area contributed by atoms with E-state index >= 15 is 0 Å². The Bertz CT molecular complexity index is 576. The number of hydrogen-bond donors (Lipinski definition) is 0. The quantitative estimate of drug-likeness (QED) is 0.795. The zero-order valence-corrected chi connectivity index (χ0v) is 10.7. The Balaban J connectivity index is 1.94. The first kappa shape index (κ1) is 11.3. The van der Waals surface area contributed by atoms with Crippen LogP contribution in [0.4, 0.5) is 0 Å². The summed E-state index contributed by atoms with van der Waals surface area (Å²) in [5.41, 5.74) is 1.33. The monoisotopic (exact) mass is 260 g/mol. The van der Waals surface area contributed by atoms with Gasteiger partial charge in [0.2, 0.25) is 0 Å². The highest BCUT2D eigenvalue weighted by molar-refractivity contribution is 7.13. The number of methoxy groups -OCH3 is 1. The minimum atomic E-state index is -0.480. The van der Waals surface area contributed by atoms with Gasteiger partial charge in [0.15, 0.2) is 0 Å². The van der Waals surface area contributed by atoms with Crippen LogP contribution in [-0.2, 0) is 14.9 Å². The Labute approximate surface area is 109 Å². The third-order valence-corrected chi connectivity index (χ3v) is 4.12. The standard InChI is InChI=1S/C13H12N2O2S/c1-17-12(16)13(4-5-13)10-8-18-11(15-10)9-3-2-6-14-7-9/h2-3,6-8H,4-5H2,1H3. The molecule has 0 unspecified atom stereocenters. The van der Waals surface area contributed by atoms with Gasteiger partial charge < -0.3 is 4.74 Å². The SMILES string of the molecule is COC(=O)C1(c2csc(-c3cccnc3)n2)CC1. The van der Waals surface area contributed by atoms with E-state index in [2.05, 4.69) is 9.97 Å². The van der Waals surface area contributed by atoms with Gasteiger partial charge in [0.25, 0.3) is 0 Å². The second-order valence-electron chi connectivity index (χ2n) is 4.35. The molecule has 0 amide bonds. The Kier molecular flexibility index (Phi) is 2.63. The van der Waals surface area contributed by atoms with Crippen molar-refractivity contribution < 1.29 is 9.53 Å². The molecule has 1 saturated carbocycles. The van der Waals surface area contributed by atoms with Crippen molar-refractivity contribution in [2.45, 2.75) is 18.3 Å². The van der Waals surface area contributed by atoms with Gasteiger partial charge in [0.1, 0.15) is 10.4 Å². The molecule has 3 rings (SSSR count). The molecule has 92 valence electrons. The van der Waals surface area contributed by atoms with Gasteiger partial charge in [-0.1, -0.05) is 0 Å². The molecule has 5 heteroatoms. The fourth-order valence-corrected chi connectivity index (χ4v) is 2.91. The molecule has 4 nitrogen and oxygen atoms in total. The van der Waals surface area contributed by atoms with E-state index in [9.17, 15) is 4.79 Å². The zero-order valence-electron chi connectivity index (χ0n) is 9.92. The van der Waals surface area contributed by atoms with Crippen LogP contribution in [0, 0.1) is 0 Å². The van der Waals surface area contributed by atoms with Crippen molar-refractivity contribution in [2.75, 3.05) is 7.11 Å². The molecule has 0 spiro atoms. The molecule has 2 heterocycles. The summed E-state index contributed by atoms with van der Waals surface area (Å²) in [6.07, 6.45) is 5.17. The summed E-state index contributed by atoms with van der Waals surface area (Å²) in [4.78, 5) is 20.4. The van der Waals surface area contributed by atoms with Crippen molar-refractivity contribution in [3.8, 4) is 10.6 Å². The fourth-order valence-electron chi connectivity index (χ4n) is 2.00. The van der Waals surface area contributed by atoms with E-state index < -0.39 is 5.41 Å². The average molecular weight is 260 g/mol. The highest BCUT2D eigenvalue weighted by atomic mass is 32.1. The van der Waals surface area contributed by atoms with Crippen molar-refractivity contribution in [3.05, 3.63) is 35.6 Å². The van der Waals surface area contributed by atoms with Crippen LogP contribution in [0.2, 0.25) is 0 Å². The predicted molar refractivity (Wildman–Crippen MR) is 68.3 cm³/mol. The Morgan fingerprint density at radius 1 is 1.50 bits per heavy atom. The van der Waals surface area contributed by atoms with Crippen molar-refractivity contribution >= 4 is 17.3 Å². The van der Waals surface area contributed by atoms with E-state index in [0.717, 1.165) is 29.1 Å². The summed E-state index contributed by atoms with van der Waals surface area (Å²) in [5.74, 6) is -0.175. The summed E-state index contributed by atoms with van der Waals surface area (Å²) in [6.45, 7) is 0. The van der Waals surface area contributed by atoms with Gasteiger partial charge in [-0.25, -0.2) is 4.98 Å². The Hall–Kier alpha value is -1.75. The molecule has 0 aromatic carbocycles. The van der Waals surface area contributed by atoms with Crippen LogP contribution in [0.25, 0.3) is 10.6 Å². The second-order valence-corrected chi connectivity index (χ2v) is 5.21. The highest BCUT2D eigenvalue weighted by Gasteiger charge is 2.54. The number of ether oxygens (including phenoxy) is 1. The lowest BCUT2D eigenvalue weighted by Crippen LogP contribution is -2.22. The molecule has 1 fully saturated rings. The highest BCUT2D eigenvalue weighted by Crippen LogP contribution is 2.49. The smallest absolute Gasteiger partial charge is 0.317 e. The summed E-state index contributed by atoms with van der Waals surface area (Å²) in [6, 6.07) is 3.84. The van der Waals surface area contributed by atoms with E-state index in [1.165, 1.54) is 18.4 Å². The number of nitrogens with zero attached hydrogens (tertiary/aromatic N) is 2. The van der Waals surface area contributed by atoms with Gasteiger partial charge in [-0.05, 0) is 25.0 Å². The first-order valence-corrected chi connectivity index (χ1v) is 6.59. The molecule has 18 heavy (non-hydrogen) atoms. The molecule has 0 radical (unpaired) electrons. The maximum atomic E-state index is 11.8. The van der Waals surface area contributed by atoms with Crippen LogP contribution in [0.5, 0.6) is 0 Å². The van der Waals surface area contributed by atoms with Gasteiger partial charge >= 0.3 is 5.97 Å². The number of rotatable bonds is 3. The molecule has 0 saturated heterocycles. The largest absolute Gasteiger partial charge is 0.468 e. The van der Waals surface area contributed by atoms with E-state index in [0.29, 0.717) is 0 Å². The van der Waals surface area contributed by atoms with Crippen LogP contribution in [0.1, 0.15) is 18.5 Å². The maximum Gasteiger partial charge on any atom is 0.317 e. The summed E-state index contributed by atoms with van der Waals surface area (Å²) in [7, 11) is 1.43. The molecular formula is C13H12N2O2S. The first-order chi connectivity index (χ1) is 8.76. The number of aromatic nitrogens is 2. The molecule has 0 atom stereocenters. The Morgan fingerprint density at radius 2 is 2.33 bits per heavy atom. The third kappa shape index (κ3) is 1.71. The second kappa shape index (κ2) is 4.17. The average Bonchev–Trinajstić information content (AvgIpc) is 3.09. The number of hydrogen-bond acceptors (Lipinski definition) is 5. The fraction of sp³-hybridized carbons (Fsp3) is 0.308. The van der Waals surface area contributed by atoms with Gasteiger partial charge in [-0.2, -0.15) is 0 Å². The van der Waals surface area contributed by atoms with Crippen LogP contribution in [0.15, 0.2) is 29.9 Å². The van der Waals surface area contributed by atoms with Crippen molar-refractivity contribution in [1.82, 2.24) is 9.97 Å². The number of esters is 1. The number of carbonyl (C=O) groups is 1. The first-order valence-electron chi connectivity index (χ1n) is 5.71. The zero-order chi connectivity index (χ0) is 12.6. The lowest BCUT2D eigenvalue weighted by molar-refractivity contribution is -0.143. The lowest BCUT2D eigenvalue weighted by Gasteiger charge is -2.08. The van der Waals surface area contributed by atoms with Gasteiger partial charge in [0, 0.05) is 23.3 Å². The Morgan fingerprint density at radius 3 is 2.94 bits per heavy atom. The molecule has 2 aromatic heterocycles. The molecule has 0 N–H and O–H groups in total. The predicted octanol–water partition coefficient (Wildman–Crippen LogP) is 2.41.